The van der Waals surface area contributed by atoms with Crippen LogP contribution in [0.3, 0.4) is 0 Å². The maximum Gasteiger partial charge on any atom is 0.0544 e. The van der Waals surface area contributed by atoms with Crippen molar-refractivity contribution >= 4 is 0 Å². The van der Waals surface area contributed by atoms with E-state index in [2.05, 4.69) is 41.3 Å². The zero-order valence-corrected chi connectivity index (χ0v) is 10.9. The number of nitrogens with one attached hydrogen (secondary N) is 1. The smallest absolute Gasteiger partial charge is 0.0544 e. The lowest BCUT2D eigenvalue weighted by Crippen LogP contribution is -2.36. The number of hydrogen-bond acceptors (Lipinski definition) is 3. The Morgan fingerprint density at radius 2 is 2.24 bits per heavy atom. The Morgan fingerprint density at radius 1 is 1.41 bits per heavy atom. The van der Waals surface area contributed by atoms with Gasteiger partial charge in [-0.05, 0) is 38.1 Å². The molecule has 3 nitrogen and oxygen atoms in total. The molecule has 1 aromatic heterocycles. The molecule has 3 heteroatoms. The average molecular weight is 233 g/mol. The lowest BCUT2D eigenvalue weighted by atomic mass is 9.92. The second-order valence-electron chi connectivity index (χ2n) is 4.94. The Bertz CT molecular complexity index is 330. The molecule has 0 aliphatic heterocycles. The molecule has 0 spiro atoms. The van der Waals surface area contributed by atoms with E-state index in [4.69, 9.17) is 0 Å². The number of nitrogens with zero attached hydrogens (tertiary/aromatic N) is 2. The van der Waals surface area contributed by atoms with Gasteiger partial charge in [0.05, 0.1) is 5.69 Å². The number of hydrogen-bond donors (Lipinski definition) is 1. The van der Waals surface area contributed by atoms with E-state index in [0.717, 1.165) is 25.7 Å². The van der Waals surface area contributed by atoms with Crippen molar-refractivity contribution in [3.63, 3.8) is 0 Å². The highest BCUT2D eigenvalue weighted by atomic mass is 15.1. The van der Waals surface area contributed by atoms with Gasteiger partial charge in [0.15, 0.2) is 0 Å². The van der Waals surface area contributed by atoms with Crippen LogP contribution in [-0.2, 0) is 13.1 Å². The van der Waals surface area contributed by atoms with Crippen LogP contribution in [-0.4, -0.2) is 29.5 Å². The first-order valence-electron chi connectivity index (χ1n) is 6.64. The molecule has 1 aliphatic carbocycles. The lowest BCUT2D eigenvalue weighted by molar-refractivity contribution is 0.151. The second kappa shape index (κ2) is 6.12. The highest BCUT2D eigenvalue weighted by molar-refractivity contribution is 5.14. The Balaban J connectivity index is 1.84. The first-order valence-corrected chi connectivity index (χ1v) is 6.64. The molecule has 0 aromatic carbocycles. The van der Waals surface area contributed by atoms with Gasteiger partial charge in [-0.1, -0.05) is 19.4 Å². The summed E-state index contributed by atoms with van der Waals surface area (Å²) in [5.41, 5.74) is 2.45. The van der Waals surface area contributed by atoms with Crippen LogP contribution in [0.25, 0.3) is 0 Å². The van der Waals surface area contributed by atoms with Gasteiger partial charge in [-0.3, -0.25) is 9.88 Å². The van der Waals surface area contributed by atoms with Gasteiger partial charge in [0.1, 0.15) is 0 Å². The van der Waals surface area contributed by atoms with E-state index in [-0.39, 0.29) is 0 Å². The average Bonchev–Trinajstić information content (AvgIpc) is 2.26. The van der Waals surface area contributed by atoms with Gasteiger partial charge in [0.2, 0.25) is 0 Å². The maximum atomic E-state index is 4.53. The van der Waals surface area contributed by atoms with Crippen LogP contribution in [0, 0.1) is 0 Å². The van der Waals surface area contributed by atoms with E-state index >= 15 is 0 Å². The molecule has 0 atom stereocenters. The van der Waals surface area contributed by atoms with Gasteiger partial charge in [-0.15, -0.1) is 0 Å². The molecule has 1 heterocycles. The summed E-state index contributed by atoms with van der Waals surface area (Å²) in [6.07, 6.45) is 6.10. The van der Waals surface area contributed by atoms with Crippen molar-refractivity contribution in [2.45, 2.75) is 45.3 Å². The summed E-state index contributed by atoms with van der Waals surface area (Å²) in [5.74, 6) is 0. The molecule has 1 fully saturated rings. The Morgan fingerprint density at radius 3 is 2.76 bits per heavy atom. The SMILES string of the molecule is CCNCc1ccc(CN(C)C2CCC2)nc1. The van der Waals surface area contributed by atoms with Crippen molar-refractivity contribution in [2.75, 3.05) is 13.6 Å². The van der Waals surface area contributed by atoms with Crippen molar-refractivity contribution in [3.05, 3.63) is 29.6 Å². The van der Waals surface area contributed by atoms with Gasteiger partial charge < -0.3 is 5.32 Å². The van der Waals surface area contributed by atoms with Crippen LogP contribution in [0.15, 0.2) is 18.3 Å². The van der Waals surface area contributed by atoms with Crippen LogP contribution in [0.1, 0.15) is 37.4 Å². The molecule has 0 bridgehead atoms. The fourth-order valence-corrected chi connectivity index (χ4v) is 2.13. The molecule has 0 unspecified atom stereocenters. The number of pyridine rings is 1. The van der Waals surface area contributed by atoms with E-state index < -0.39 is 0 Å². The molecule has 0 radical (unpaired) electrons. The summed E-state index contributed by atoms with van der Waals surface area (Å²) < 4.78 is 0. The van der Waals surface area contributed by atoms with E-state index in [9.17, 15) is 0 Å². The molecule has 1 aromatic rings. The largest absolute Gasteiger partial charge is 0.313 e. The molecule has 94 valence electrons. The monoisotopic (exact) mass is 233 g/mol. The Labute approximate surface area is 104 Å². The van der Waals surface area contributed by atoms with E-state index in [0.29, 0.717) is 0 Å². The predicted molar refractivity (Wildman–Crippen MR) is 70.7 cm³/mol. The van der Waals surface area contributed by atoms with Crippen LogP contribution in [0.2, 0.25) is 0 Å². The zero-order valence-electron chi connectivity index (χ0n) is 10.9. The number of rotatable bonds is 6. The summed E-state index contributed by atoms with van der Waals surface area (Å²) >= 11 is 0. The van der Waals surface area contributed by atoms with Crippen molar-refractivity contribution in [1.82, 2.24) is 15.2 Å². The summed E-state index contributed by atoms with van der Waals surface area (Å²) in [7, 11) is 2.21. The topological polar surface area (TPSA) is 28.2 Å². The van der Waals surface area contributed by atoms with Crippen LogP contribution in [0.4, 0.5) is 0 Å². The molecule has 1 N–H and O–H groups in total. The highest BCUT2D eigenvalue weighted by Gasteiger charge is 2.21. The minimum Gasteiger partial charge on any atom is -0.313 e. The zero-order chi connectivity index (χ0) is 12.1. The van der Waals surface area contributed by atoms with Gasteiger partial charge in [-0.25, -0.2) is 0 Å². The standard InChI is InChI=1S/C14H23N3/c1-3-15-9-12-7-8-13(16-10-12)11-17(2)14-5-4-6-14/h7-8,10,14-15H,3-6,9,11H2,1-2H3. The first-order chi connectivity index (χ1) is 8.29. The second-order valence-corrected chi connectivity index (χ2v) is 4.94. The van der Waals surface area contributed by atoms with Crippen LogP contribution in [0.5, 0.6) is 0 Å². The third-order valence-electron chi connectivity index (χ3n) is 3.57. The third-order valence-corrected chi connectivity index (χ3v) is 3.57. The number of aromatic nitrogens is 1. The van der Waals surface area contributed by atoms with Crippen molar-refractivity contribution < 1.29 is 0 Å². The van der Waals surface area contributed by atoms with Gasteiger partial charge >= 0.3 is 0 Å². The summed E-state index contributed by atoms with van der Waals surface area (Å²) in [6.45, 7) is 5.02. The molecule has 1 saturated carbocycles. The lowest BCUT2D eigenvalue weighted by Gasteiger charge is -2.34. The van der Waals surface area contributed by atoms with E-state index in [1.807, 2.05) is 6.20 Å². The quantitative estimate of drug-likeness (QED) is 0.816. The molecule has 17 heavy (non-hydrogen) atoms. The normalized spacial score (nSPS) is 16.2. The molecule has 1 aliphatic rings. The van der Waals surface area contributed by atoms with Crippen LogP contribution >= 0.6 is 0 Å². The molecule has 0 amide bonds. The van der Waals surface area contributed by atoms with E-state index in [1.165, 1.54) is 30.5 Å². The summed E-state index contributed by atoms with van der Waals surface area (Å²) in [6, 6.07) is 5.12. The Kier molecular flexibility index (Phi) is 4.51. The fraction of sp³-hybridized carbons (Fsp3) is 0.643. The Hall–Kier alpha value is -0.930. The third kappa shape index (κ3) is 3.51. The predicted octanol–water partition coefficient (Wildman–Crippen LogP) is 2.18. The summed E-state index contributed by atoms with van der Waals surface area (Å²) in [5, 5.41) is 3.31. The molecule has 0 saturated heterocycles. The molecular formula is C14H23N3. The van der Waals surface area contributed by atoms with Gasteiger partial charge in [0.25, 0.3) is 0 Å². The minimum absolute atomic E-state index is 0.790. The minimum atomic E-state index is 0.790. The van der Waals surface area contributed by atoms with Crippen LogP contribution < -0.4 is 5.32 Å². The molecular weight excluding hydrogens is 210 g/mol. The first kappa shape index (κ1) is 12.5. The summed E-state index contributed by atoms with van der Waals surface area (Å²) in [4.78, 5) is 6.96. The van der Waals surface area contributed by atoms with Crippen molar-refractivity contribution in [2.24, 2.45) is 0 Å². The van der Waals surface area contributed by atoms with Gasteiger partial charge in [0, 0.05) is 25.3 Å². The van der Waals surface area contributed by atoms with E-state index in [1.54, 1.807) is 0 Å². The molecule has 2 rings (SSSR count). The highest BCUT2D eigenvalue weighted by Crippen LogP contribution is 2.24. The van der Waals surface area contributed by atoms with Crippen molar-refractivity contribution in [1.29, 1.82) is 0 Å². The fourth-order valence-electron chi connectivity index (χ4n) is 2.13. The van der Waals surface area contributed by atoms with Gasteiger partial charge in [-0.2, -0.15) is 0 Å². The van der Waals surface area contributed by atoms with Crippen molar-refractivity contribution in [3.8, 4) is 0 Å². The maximum absolute atomic E-state index is 4.53.